The monoisotopic (exact) mass is 485 g/mol. The minimum absolute atomic E-state index is 0.0666. The third-order valence-electron chi connectivity index (χ3n) is 5.43. The number of carbonyl (C=O) groups excluding carboxylic acids is 1. The van der Waals surface area contributed by atoms with Gasteiger partial charge in [-0.3, -0.25) is 9.35 Å². The molecule has 0 saturated heterocycles. The fraction of sp³-hybridized carbons (Fsp3) is 0.731. The van der Waals surface area contributed by atoms with Crippen LogP contribution < -0.4 is 5.73 Å². The number of unbranched alkanes of at least 4 members (excludes halogenated alkanes) is 13. The van der Waals surface area contributed by atoms with Crippen molar-refractivity contribution in [3.05, 3.63) is 29.8 Å². The lowest BCUT2D eigenvalue weighted by atomic mass is 10.0. The van der Waals surface area contributed by atoms with E-state index in [1.165, 1.54) is 89.2 Å². The average Bonchev–Trinajstić information content (AvgIpc) is 2.76. The summed E-state index contributed by atoms with van der Waals surface area (Å²) in [5.74, 6) is -0.283. The van der Waals surface area contributed by atoms with Crippen LogP contribution in [0.25, 0.3) is 0 Å². The summed E-state index contributed by atoms with van der Waals surface area (Å²) in [6.07, 6.45) is 18.7. The highest BCUT2D eigenvalue weighted by Gasteiger charge is 2.07. The van der Waals surface area contributed by atoms with Crippen molar-refractivity contribution < 1.29 is 22.5 Å². The van der Waals surface area contributed by atoms with Crippen LogP contribution in [-0.4, -0.2) is 31.6 Å². The zero-order valence-corrected chi connectivity index (χ0v) is 21.9. The van der Waals surface area contributed by atoms with E-state index in [2.05, 4.69) is 6.92 Å². The molecule has 1 atom stereocenters. The van der Waals surface area contributed by atoms with E-state index < -0.39 is 16.2 Å². The van der Waals surface area contributed by atoms with Crippen LogP contribution in [0.4, 0.5) is 0 Å². The van der Waals surface area contributed by atoms with E-state index in [4.69, 9.17) is 15.0 Å². The van der Waals surface area contributed by atoms with E-state index in [1.807, 2.05) is 6.92 Å². The number of hydrogen-bond donors (Lipinski definition) is 2. The third kappa shape index (κ3) is 19.7. The Kier molecular flexibility index (Phi) is 19.1. The predicted molar refractivity (Wildman–Crippen MR) is 136 cm³/mol. The zero-order valence-electron chi connectivity index (χ0n) is 21.1. The highest BCUT2D eigenvalue weighted by molar-refractivity contribution is 7.85. The van der Waals surface area contributed by atoms with E-state index >= 15 is 0 Å². The van der Waals surface area contributed by atoms with Gasteiger partial charge in [0.15, 0.2) is 0 Å². The minimum atomic E-state index is -4.02. The Labute approximate surface area is 202 Å². The van der Waals surface area contributed by atoms with Gasteiger partial charge < -0.3 is 10.5 Å². The van der Waals surface area contributed by atoms with Crippen LogP contribution in [0.2, 0.25) is 0 Å². The van der Waals surface area contributed by atoms with Gasteiger partial charge in [-0.05, 0) is 32.4 Å². The van der Waals surface area contributed by atoms with Crippen LogP contribution in [0.5, 0.6) is 0 Å². The highest BCUT2D eigenvalue weighted by Crippen LogP contribution is 2.13. The van der Waals surface area contributed by atoms with Crippen LogP contribution in [0.15, 0.2) is 29.2 Å². The molecule has 0 aliphatic heterocycles. The molecule has 0 fully saturated rings. The quantitative estimate of drug-likeness (QED) is 0.146. The van der Waals surface area contributed by atoms with Crippen molar-refractivity contribution in [3.63, 3.8) is 0 Å². The molecule has 0 heterocycles. The lowest BCUT2D eigenvalue weighted by Gasteiger charge is -2.06. The largest absolute Gasteiger partial charge is 0.465 e. The Balaban J connectivity index is 0.000000771. The first-order valence-corrected chi connectivity index (χ1v) is 14.1. The summed E-state index contributed by atoms with van der Waals surface area (Å²) in [5, 5.41) is 0. The molecule has 0 bridgehead atoms. The lowest BCUT2D eigenvalue weighted by Crippen LogP contribution is -2.28. The van der Waals surface area contributed by atoms with Gasteiger partial charge in [-0.2, -0.15) is 8.42 Å². The van der Waals surface area contributed by atoms with Gasteiger partial charge in [0.1, 0.15) is 6.04 Å². The van der Waals surface area contributed by atoms with Crippen molar-refractivity contribution in [2.75, 3.05) is 6.61 Å². The third-order valence-corrected chi connectivity index (χ3v) is 6.30. The van der Waals surface area contributed by atoms with E-state index in [1.54, 1.807) is 19.1 Å². The fourth-order valence-corrected chi connectivity index (χ4v) is 3.79. The standard InChI is InChI=1S/C19H39NO2.C7H8O3S/c1-3-4-5-6-7-8-9-10-11-12-13-14-15-16-17-22-19(21)18(2)20;1-6-2-4-7(5-3-6)11(8,9)10/h18H,3-17,20H2,1-2H3;2-5H,1H3,(H,8,9,10)/t18-;/m0./s1. The number of aryl methyl sites for hydroxylation is 1. The Hall–Kier alpha value is -1.44. The maximum Gasteiger partial charge on any atom is 0.322 e. The fourth-order valence-electron chi connectivity index (χ4n) is 3.31. The van der Waals surface area contributed by atoms with Crippen molar-refractivity contribution >= 4 is 16.1 Å². The van der Waals surface area contributed by atoms with Crippen molar-refractivity contribution in [1.29, 1.82) is 0 Å². The van der Waals surface area contributed by atoms with Gasteiger partial charge in [0, 0.05) is 0 Å². The highest BCUT2D eigenvalue weighted by atomic mass is 32.2. The summed E-state index contributed by atoms with van der Waals surface area (Å²) in [7, 11) is -4.02. The first kappa shape index (κ1) is 31.6. The number of ether oxygens (including phenoxy) is 1. The molecule has 0 aromatic heterocycles. The van der Waals surface area contributed by atoms with E-state index in [9.17, 15) is 13.2 Å². The number of carbonyl (C=O) groups is 1. The molecule has 7 heteroatoms. The number of nitrogens with two attached hydrogens (primary N) is 1. The van der Waals surface area contributed by atoms with Gasteiger partial charge in [-0.25, -0.2) is 0 Å². The second-order valence-electron chi connectivity index (χ2n) is 8.84. The molecule has 0 radical (unpaired) electrons. The molecule has 0 saturated carbocycles. The van der Waals surface area contributed by atoms with Crippen LogP contribution in [0, 0.1) is 6.92 Å². The van der Waals surface area contributed by atoms with Crippen molar-refractivity contribution in [2.45, 2.75) is 122 Å². The van der Waals surface area contributed by atoms with Gasteiger partial charge in [-0.1, -0.05) is 108 Å². The topological polar surface area (TPSA) is 107 Å². The van der Waals surface area contributed by atoms with Gasteiger partial charge in [0.25, 0.3) is 10.1 Å². The van der Waals surface area contributed by atoms with E-state index in [0.717, 1.165) is 18.4 Å². The number of rotatable bonds is 17. The molecule has 0 unspecified atom stereocenters. The normalized spacial score (nSPS) is 12.0. The van der Waals surface area contributed by atoms with Gasteiger partial charge in [0.2, 0.25) is 0 Å². The molecule has 33 heavy (non-hydrogen) atoms. The second kappa shape index (κ2) is 20.0. The van der Waals surface area contributed by atoms with E-state index in [0.29, 0.717) is 6.61 Å². The summed E-state index contributed by atoms with van der Waals surface area (Å²) in [6, 6.07) is 5.49. The van der Waals surface area contributed by atoms with Gasteiger partial charge in [0.05, 0.1) is 11.5 Å². The first-order chi connectivity index (χ1) is 15.7. The number of hydrogen-bond acceptors (Lipinski definition) is 5. The molecule has 1 rings (SSSR count). The molecule has 0 aliphatic carbocycles. The first-order valence-electron chi connectivity index (χ1n) is 12.6. The second-order valence-corrected chi connectivity index (χ2v) is 10.3. The van der Waals surface area contributed by atoms with Crippen LogP contribution in [0.3, 0.4) is 0 Å². The molecular formula is C26H47NO5S. The van der Waals surface area contributed by atoms with Gasteiger partial charge in [-0.15, -0.1) is 0 Å². The van der Waals surface area contributed by atoms with Crippen molar-refractivity contribution in [3.8, 4) is 0 Å². The van der Waals surface area contributed by atoms with Gasteiger partial charge >= 0.3 is 5.97 Å². The average molecular weight is 486 g/mol. The summed E-state index contributed by atoms with van der Waals surface area (Å²) < 4.78 is 34.6. The minimum Gasteiger partial charge on any atom is -0.465 e. The number of benzene rings is 1. The SMILES string of the molecule is CCCCCCCCCCCCCCCCOC(=O)[C@H](C)N.Cc1ccc(S(=O)(=O)O)cc1. The lowest BCUT2D eigenvalue weighted by molar-refractivity contribution is -0.144. The van der Waals surface area contributed by atoms with E-state index in [-0.39, 0.29) is 10.9 Å². The molecule has 3 N–H and O–H groups in total. The van der Waals surface area contributed by atoms with Crippen molar-refractivity contribution in [2.24, 2.45) is 5.73 Å². The smallest absolute Gasteiger partial charge is 0.322 e. The molecule has 6 nitrogen and oxygen atoms in total. The summed E-state index contributed by atoms with van der Waals surface area (Å²) in [5.41, 5.74) is 6.38. The maximum atomic E-state index is 11.1. The Morgan fingerprint density at radius 2 is 1.24 bits per heavy atom. The Morgan fingerprint density at radius 1 is 0.848 bits per heavy atom. The molecule has 1 aromatic carbocycles. The van der Waals surface area contributed by atoms with Crippen LogP contribution in [-0.2, 0) is 19.6 Å². The zero-order chi connectivity index (χ0) is 25.0. The van der Waals surface area contributed by atoms with Crippen LogP contribution >= 0.6 is 0 Å². The van der Waals surface area contributed by atoms with Crippen molar-refractivity contribution in [1.82, 2.24) is 0 Å². The molecule has 192 valence electrons. The Morgan fingerprint density at radius 3 is 1.61 bits per heavy atom. The summed E-state index contributed by atoms with van der Waals surface area (Å²) in [6.45, 7) is 6.30. The molecule has 0 aliphatic rings. The Bertz CT molecular complexity index is 702. The molecule has 1 aromatic rings. The maximum absolute atomic E-state index is 11.1. The number of esters is 1. The summed E-state index contributed by atoms with van der Waals surface area (Å²) in [4.78, 5) is 11.1. The predicted octanol–water partition coefficient (Wildman–Crippen LogP) is 6.60. The summed E-state index contributed by atoms with van der Waals surface area (Å²) >= 11 is 0. The molecule has 0 amide bonds. The van der Waals surface area contributed by atoms with Crippen LogP contribution in [0.1, 0.15) is 109 Å². The molecular weight excluding hydrogens is 438 g/mol. The molecule has 0 spiro atoms.